The van der Waals surface area contributed by atoms with Crippen LogP contribution in [0.2, 0.25) is 0 Å². The lowest BCUT2D eigenvalue weighted by Gasteiger charge is -2.36. The van der Waals surface area contributed by atoms with Crippen LogP contribution in [0.3, 0.4) is 0 Å². The molecular formula is C22H21N5O8. The number of ether oxygens (including phenoxy) is 2. The number of nitrogens with zero attached hydrogens (tertiary/aromatic N) is 4. The summed E-state index contributed by atoms with van der Waals surface area (Å²) in [6, 6.07) is 9.38. The molecule has 0 spiro atoms. The fourth-order valence-corrected chi connectivity index (χ4v) is 3.38. The fraction of sp³-hybridized carbons (Fsp3) is 0.273. The number of amides is 1. The van der Waals surface area contributed by atoms with E-state index in [0.29, 0.717) is 43.6 Å². The molecule has 5 rings (SSSR count). The molecule has 3 aromatic rings. The van der Waals surface area contributed by atoms with Crippen LogP contribution in [-0.4, -0.2) is 74.5 Å². The van der Waals surface area contributed by atoms with Crippen LogP contribution in [0.25, 0.3) is 11.4 Å². The summed E-state index contributed by atoms with van der Waals surface area (Å²) in [5, 5.41) is 21.7. The highest BCUT2D eigenvalue weighted by Crippen LogP contribution is 2.32. The first-order valence-electron chi connectivity index (χ1n) is 10.5. The van der Waals surface area contributed by atoms with Crippen molar-refractivity contribution in [2.45, 2.75) is 12.5 Å². The van der Waals surface area contributed by atoms with Crippen molar-refractivity contribution < 1.29 is 38.6 Å². The predicted molar refractivity (Wildman–Crippen MR) is 116 cm³/mol. The van der Waals surface area contributed by atoms with Crippen molar-refractivity contribution in [1.29, 1.82) is 0 Å². The van der Waals surface area contributed by atoms with Gasteiger partial charge in [0.25, 0.3) is 0 Å². The van der Waals surface area contributed by atoms with Crippen molar-refractivity contribution in [2.24, 2.45) is 0 Å². The van der Waals surface area contributed by atoms with E-state index in [4.69, 9.17) is 33.8 Å². The van der Waals surface area contributed by atoms with E-state index < -0.39 is 11.9 Å². The summed E-state index contributed by atoms with van der Waals surface area (Å²) >= 11 is 0. The zero-order valence-electron chi connectivity index (χ0n) is 18.3. The van der Waals surface area contributed by atoms with E-state index in [9.17, 15) is 4.79 Å². The molecular weight excluding hydrogens is 462 g/mol. The van der Waals surface area contributed by atoms with E-state index in [2.05, 4.69) is 20.4 Å². The van der Waals surface area contributed by atoms with Gasteiger partial charge >= 0.3 is 11.9 Å². The first kappa shape index (κ1) is 23.6. The number of carboxylic acid groups (broad SMARTS) is 2. The molecule has 4 heterocycles. The molecule has 1 aromatic carbocycles. The molecule has 0 aliphatic carbocycles. The molecule has 35 heavy (non-hydrogen) atoms. The number of carbonyl (C=O) groups excluding carboxylic acids is 1. The van der Waals surface area contributed by atoms with Crippen molar-refractivity contribution >= 4 is 17.8 Å². The summed E-state index contributed by atoms with van der Waals surface area (Å²) in [6.45, 7) is 2.46. The van der Waals surface area contributed by atoms with Crippen LogP contribution in [0.1, 0.15) is 17.4 Å². The molecule has 2 aliphatic rings. The highest BCUT2D eigenvalue weighted by atomic mass is 16.7. The zero-order valence-corrected chi connectivity index (χ0v) is 18.3. The van der Waals surface area contributed by atoms with Crippen LogP contribution >= 0.6 is 0 Å². The molecule has 182 valence electrons. The van der Waals surface area contributed by atoms with Gasteiger partial charge in [0, 0.05) is 37.6 Å². The molecule has 1 fully saturated rings. The zero-order chi connectivity index (χ0) is 24.8. The summed E-state index contributed by atoms with van der Waals surface area (Å²) in [5.41, 5.74) is 1.79. The van der Waals surface area contributed by atoms with Crippen molar-refractivity contribution in [3.63, 3.8) is 0 Å². The maximum Gasteiger partial charge on any atom is 0.414 e. The average molecular weight is 483 g/mol. The highest BCUT2D eigenvalue weighted by molar-refractivity contribution is 6.27. The standard InChI is InChI=1S/C20H19N5O4.C2H2O4/c26-18(22-7-13-3-4-16-17(6-13)28-12-27-16)11-25-9-15(10-25)20-23-19(24-29-20)14-2-1-5-21-8-14;3-1(4)2(5)6/h1-6,8,15H,7,9-12H2,(H,22,26);(H,3,4)(H,5,6). The van der Waals surface area contributed by atoms with Crippen molar-refractivity contribution in [1.82, 2.24) is 25.3 Å². The van der Waals surface area contributed by atoms with Gasteiger partial charge in [-0.1, -0.05) is 11.2 Å². The average Bonchev–Trinajstić information content (AvgIpc) is 3.50. The Bertz CT molecular complexity index is 1200. The molecule has 3 N–H and O–H groups in total. The Hall–Kier alpha value is -4.52. The van der Waals surface area contributed by atoms with Gasteiger partial charge in [-0.25, -0.2) is 9.59 Å². The summed E-state index contributed by atoms with van der Waals surface area (Å²) in [6.07, 6.45) is 3.40. The minimum absolute atomic E-state index is 0.0253. The number of pyridine rings is 1. The monoisotopic (exact) mass is 483 g/mol. The van der Waals surface area contributed by atoms with Crippen molar-refractivity contribution in [3.05, 3.63) is 54.2 Å². The van der Waals surface area contributed by atoms with Crippen LogP contribution in [-0.2, 0) is 20.9 Å². The van der Waals surface area contributed by atoms with Crippen LogP contribution < -0.4 is 14.8 Å². The van der Waals surface area contributed by atoms with E-state index in [1.165, 1.54) is 0 Å². The first-order valence-corrected chi connectivity index (χ1v) is 10.5. The number of likely N-dealkylation sites (tertiary alicyclic amines) is 1. The number of rotatable bonds is 6. The van der Waals surface area contributed by atoms with Gasteiger partial charge in [-0.05, 0) is 29.8 Å². The lowest BCUT2D eigenvalue weighted by molar-refractivity contribution is -0.159. The molecule has 1 saturated heterocycles. The van der Waals surface area contributed by atoms with Gasteiger partial charge in [-0.15, -0.1) is 0 Å². The molecule has 0 bridgehead atoms. The molecule has 13 heteroatoms. The normalized spacial score (nSPS) is 14.4. The van der Waals surface area contributed by atoms with E-state index in [-0.39, 0.29) is 18.6 Å². The largest absolute Gasteiger partial charge is 0.473 e. The molecule has 0 saturated carbocycles. The van der Waals surface area contributed by atoms with Crippen LogP contribution in [0.15, 0.2) is 47.2 Å². The maximum atomic E-state index is 12.2. The van der Waals surface area contributed by atoms with Gasteiger partial charge in [-0.2, -0.15) is 4.98 Å². The van der Waals surface area contributed by atoms with E-state index in [1.807, 2.05) is 35.2 Å². The van der Waals surface area contributed by atoms with Crippen LogP contribution in [0.5, 0.6) is 11.5 Å². The third-order valence-electron chi connectivity index (χ3n) is 5.14. The number of carbonyl (C=O) groups is 3. The molecule has 0 atom stereocenters. The van der Waals surface area contributed by atoms with E-state index in [1.54, 1.807) is 12.4 Å². The van der Waals surface area contributed by atoms with Gasteiger partial charge in [0.15, 0.2) is 11.5 Å². The highest BCUT2D eigenvalue weighted by Gasteiger charge is 2.33. The summed E-state index contributed by atoms with van der Waals surface area (Å²) in [7, 11) is 0. The van der Waals surface area contributed by atoms with Gasteiger partial charge in [0.2, 0.25) is 24.4 Å². The lowest BCUT2D eigenvalue weighted by atomic mass is 10.0. The second-order valence-corrected chi connectivity index (χ2v) is 7.66. The number of aromatic nitrogens is 3. The number of nitrogens with one attached hydrogen (secondary N) is 1. The third-order valence-corrected chi connectivity index (χ3v) is 5.14. The topological polar surface area (TPSA) is 177 Å². The van der Waals surface area contributed by atoms with Crippen LogP contribution in [0.4, 0.5) is 0 Å². The Morgan fingerprint density at radius 1 is 1.09 bits per heavy atom. The number of hydrogen-bond acceptors (Lipinski definition) is 10. The number of fused-ring (bicyclic) bond motifs is 1. The summed E-state index contributed by atoms with van der Waals surface area (Å²) in [5.74, 6) is -0.942. The Kier molecular flexibility index (Phi) is 7.16. The predicted octanol–water partition coefficient (Wildman–Crippen LogP) is 0.732. The Morgan fingerprint density at radius 3 is 2.57 bits per heavy atom. The lowest BCUT2D eigenvalue weighted by Crippen LogP contribution is -2.49. The van der Waals surface area contributed by atoms with E-state index in [0.717, 1.165) is 16.9 Å². The minimum Gasteiger partial charge on any atom is -0.473 e. The second kappa shape index (κ2) is 10.6. The van der Waals surface area contributed by atoms with Gasteiger partial charge in [0.1, 0.15) is 0 Å². The first-order chi connectivity index (χ1) is 16.9. The number of carboxylic acids is 2. The molecule has 2 aliphatic heterocycles. The van der Waals surface area contributed by atoms with Gasteiger partial charge in [0.05, 0.1) is 12.5 Å². The van der Waals surface area contributed by atoms with Crippen molar-refractivity contribution in [2.75, 3.05) is 26.4 Å². The van der Waals surface area contributed by atoms with E-state index >= 15 is 0 Å². The number of aliphatic carboxylic acids is 2. The molecule has 1 amide bonds. The second-order valence-electron chi connectivity index (χ2n) is 7.66. The number of hydrogen-bond donors (Lipinski definition) is 3. The van der Waals surface area contributed by atoms with Crippen molar-refractivity contribution in [3.8, 4) is 22.9 Å². The minimum atomic E-state index is -1.82. The quantitative estimate of drug-likeness (QED) is 0.419. The van der Waals surface area contributed by atoms with Gasteiger partial charge in [-0.3, -0.25) is 14.7 Å². The number of benzene rings is 1. The third kappa shape index (κ3) is 6.09. The Labute approximate surface area is 198 Å². The summed E-state index contributed by atoms with van der Waals surface area (Å²) in [4.78, 5) is 41.0. The molecule has 2 aromatic heterocycles. The maximum absolute atomic E-state index is 12.2. The summed E-state index contributed by atoms with van der Waals surface area (Å²) < 4.78 is 16.0. The molecule has 0 unspecified atom stereocenters. The SMILES string of the molecule is O=C(CN1CC(c2nc(-c3cccnc3)no2)C1)NCc1ccc2c(c1)OCO2.O=C(O)C(=O)O. The van der Waals surface area contributed by atoms with Gasteiger partial charge < -0.3 is 29.5 Å². The molecule has 0 radical (unpaired) electrons. The van der Waals surface area contributed by atoms with Crippen LogP contribution in [0, 0.1) is 0 Å². The molecule has 13 nitrogen and oxygen atoms in total. The smallest absolute Gasteiger partial charge is 0.414 e. The Balaban J connectivity index is 0.000000431. The Morgan fingerprint density at radius 2 is 1.86 bits per heavy atom. The fourth-order valence-electron chi connectivity index (χ4n) is 3.38.